The molecule has 9 heteroatoms. The van der Waals surface area contributed by atoms with Crippen molar-refractivity contribution < 1.29 is 18.7 Å². The van der Waals surface area contributed by atoms with Gasteiger partial charge < -0.3 is 13.9 Å². The number of amides is 1. The molecule has 0 aliphatic carbocycles. The number of hydrogen-bond donors (Lipinski definition) is 0. The van der Waals surface area contributed by atoms with Crippen LogP contribution >= 0.6 is 11.3 Å². The molecule has 0 aliphatic heterocycles. The van der Waals surface area contributed by atoms with Crippen molar-refractivity contribution in [1.29, 1.82) is 0 Å². The van der Waals surface area contributed by atoms with Crippen molar-refractivity contribution in [1.82, 2.24) is 9.55 Å². The molecule has 5 aromatic rings. The van der Waals surface area contributed by atoms with Crippen LogP contribution in [-0.4, -0.2) is 29.7 Å². The quantitative estimate of drug-likeness (QED) is 0.346. The molecule has 0 spiro atoms. The van der Waals surface area contributed by atoms with Crippen molar-refractivity contribution in [2.24, 2.45) is 0 Å². The highest BCUT2D eigenvalue weighted by atomic mass is 32.1. The van der Waals surface area contributed by atoms with Crippen molar-refractivity contribution in [2.45, 2.75) is 13.1 Å². The van der Waals surface area contributed by atoms with Crippen LogP contribution in [0.2, 0.25) is 0 Å². The maximum absolute atomic E-state index is 13.6. The summed E-state index contributed by atoms with van der Waals surface area (Å²) in [5, 5.41) is 0.479. The average Bonchev–Trinajstić information content (AvgIpc) is 3.44. The molecule has 0 unspecified atom stereocenters. The highest BCUT2D eigenvalue weighted by Crippen LogP contribution is 2.40. The molecule has 0 bridgehead atoms. The molecule has 2 aromatic heterocycles. The van der Waals surface area contributed by atoms with Crippen LogP contribution in [0, 0.1) is 0 Å². The summed E-state index contributed by atoms with van der Waals surface area (Å²) in [6, 6.07) is 20.2. The maximum atomic E-state index is 13.6. The van der Waals surface area contributed by atoms with Gasteiger partial charge in [-0.2, -0.15) is 0 Å². The Bertz CT molecular complexity index is 1500. The summed E-state index contributed by atoms with van der Waals surface area (Å²) in [4.78, 5) is 32.4. The zero-order chi connectivity index (χ0) is 23.7. The molecule has 0 saturated carbocycles. The van der Waals surface area contributed by atoms with E-state index in [1.807, 2.05) is 36.4 Å². The van der Waals surface area contributed by atoms with E-state index < -0.39 is 5.76 Å². The van der Waals surface area contributed by atoms with Gasteiger partial charge in [-0.3, -0.25) is 14.3 Å². The third-order valence-corrected chi connectivity index (χ3v) is 6.57. The number of anilines is 1. The van der Waals surface area contributed by atoms with Gasteiger partial charge in [-0.25, -0.2) is 9.78 Å². The van der Waals surface area contributed by atoms with Gasteiger partial charge in [0.05, 0.1) is 26.3 Å². The van der Waals surface area contributed by atoms with Crippen LogP contribution in [0.4, 0.5) is 5.13 Å². The standard InChI is InChI=1S/C25H21N3O5S/c1-31-19-12-13-20(32-2)23-22(19)26-24(34-23)28(14-16-8-4-3-5-9-16)21(29)15-27-17-10-6-7-11-18(17)33-25(27)30/h3-13H,14-15H2,1-2H3. The number of aromatic nitrogens is 2. The number of carbonyl (C=O) groups is 1. The van der Waals surface area contributed by atoms with Crippen molar-refractivity contribution in [3.63, 3.8) is 0 Å². The molecule has 0 aliphatic rings. The molecule has 8 nitrogen and oxygen atoms in total. The van der Waals surface area contributed by atoms with E-state index in [1.54, 1.807) is 49.5 Å². The number of fused-ring (bicyclic) bond motifs is 2. The summed E-state index contributed by atoms with van der Waals surface area (Å²) in [7, 11) is 3.16. The summed E-state index contributed by atoms with van der Waals surface area (Å²) in [6.45, 7) is 0.0987. The van der Waals surface area contributed by atoms with Gasteiger partial charge in [0.15, 0.2) is 10.7 Å². The number of hydrogen-bond acceptors (Lipinski definition) is 7. The molecule has 1 amide bonds. The van der Waals surface area contributed by atoms with E-state index in [2.05, 4.69) is 0 Å². The second-order valence-corrected chi connectivity index (χ2v) is 8.51. The van der Waals surface area contributed by atoms with Gasteiger partial charge in [-0.15, -0.1) is 0 Å². The fourth-order valence-corrected chi connectivity index (χ4v) is 4.89. The van der Waals surface area contributed by atoms with E-state index in [9.17, 15) is 9.59 Å². The van der Waals surface area contributed by atoms with E-state index in [1.165, 1.54) is 15.9 Å². The molecular weight excluding hydrogens is 454 g/mol. The number of carbonyl (C=O) groups excluding carboxylic acids is 1. The summed E-state index contributed by atoms with van der Waals surface area (Å²) < 4.78 is 18.4. The van der Waals surface area contributed by atoms with Crippen LogP contribution in [0.15, 0.2) is 75.9 Å². The molecule has 3 aromatic carbocycles. The molecule has 0 fully saturated rings. The third-order valence-electron chi connectivity index (χ3n) is 5.48. The highest BCUT2D eigenvalue weighted by Gasteiger charge is 2.24. The summed E-state index contributed by atoms with van der Waals surface area (Å²) in [5.74, 6) is 0.350. The second kappa shape index (κ2) is 9.03. The van der Waals surface area contributed by atoms with Crippen LogP contribution in [0.5, 0.6) is 11.5 Å². The number of rotatable bonds is 7. The third kappa shape index (κ3) is 3.90. The van der Waals surface area contributed by atoms with Gasteiger partial charge in [0, 0.05) is 0 Å². The molecule has 5 rings (SSSR count). The molecule has 0 atom stereocenters. The lowest BCUT2D eigenvalue weighted by Gasteiger charge is -2.20. The number of oxazole rings is 1. The number of benzene rings is 3. The molecular formula is C25H21N3O5S. The molecule has 0 N–H and O–H groups in total. The molecule has 172 valence electrons. The number of nitrogens with zero attached hydrogens (tertiary/aromatic N) is 3. The minimum atomic E-state index is -0.582. The van der Waals surface area contributed by atoms with Gasteiger partial charge in [0.25, 0.3) is 0 Å². The average molecular weight is 476 g/mol. The zero-order valence-corrected chi connectivity index (χ0v) is 19.4. The van der Waals surface area contributed by atoms with Gasteiger partial charge in [0.2, 0.25) is 5.91 Å². The molecule has 0 radical (unpaired) electrons. The van der Waals surface area contributed by atoms with E-state index in [4.69, 9.17) is 18.9 Å². The van der Waals surface area contributed by atoms with Crippen LogP contribution in [0.1, 0.15) is 5.56 Å². The van der Waals surface area contributed by atoms with Gasteiger partial charge in [-0.05, 0) is 29.8 Å². The molecule has 34 heavy (non-hydrogen) atoms. The largest absolute Gasteiger partial charge is 0.495 e. The van der Waals surface area contributed by atoms with Crippen molar-refractivity contribution in [3.05, 3.63) is 82.8 Å². The van der Waals surface area contributed by atoms with Gasteiger partial charge in [0.1, 0.15) is 28.3 Å². The van der Waals surface area contributed by atoms with Crippen molar-refractivity contribution >= 4 is 43.7 Å². The maximum Gasteiger partial charge on any atom is 0.420 e. The Balaban J connectivity index is 1.59. The number of methoxy groups -OCH3 is 2. The lowest BCUT2D eigenvalue weighted by Crippen LogP contribution is -2.35. The van der Waals surface area contributed by atoms with E-state index in [0.29, 0.717) is 33.2 Å². The Labute approximate surface area is 198 Å². The second-order valence-electron chi connectivity index (χ2n) is 7.53. The predicted molar refractivity (Wildman–Crippen MR) is 131 cm³/mol. The van der Waals surface area contributed by atoms with Crippen molar-refractivity contribution in [2.75, 3.05) is 19.1 Å². The topological polar surface area (TPSA) is 86.8 Å². The summed E-state index contributed by atoms with van der Waals surface area (Å²) >= 11 is 1.33. The van der Waals surface area contributed by atoms with Crippen LogP contribution < -0.4 is 20.1 Å². The Hall–Kier alpha value is -4.11. The monoisotopic (exact) mass is 475 g/mol. The van der Waals surface area contributed by atoms with E-state index in [-0.39, 0.29) is 19.0 Å². The first kappa shape index (κ1) is 21.7. The normalized spacial score (nSPS) is 11.1. The zero-order valence-electron chi connectivity index (χ0n) is 18.6. The lowest BCUT2D eigenvalue weighted by molar-refractivity contribution is -0.119. The summed E-state index contributed by atoms with van der Waals surface area (Å²) in [5.41, 5.74) is 2.54. The summed E-state index contributed by atoms with van der Waals surface area (Å²) in [6.07, 6.45) is 0. The predicted octanol–water partition coefficient (Wildman–Crippen LogP) is 4.45. The fraction of sp³-hybridized carbons (Fsp3) is 0.160. The van der Waals surface area contributed by atoms with E-state index >= 15 is 0 Å². The smallest absolute Gasteiger partial charge is 0.420 e. The van der Waals surface area contributed by atoms with Crippen LogP contribution in [0.25, 0.3) is 21.3 Å². The van der Waals surface area contributed by atoms with Crippen molar-refractivity contribution in [3.8, 4) is 11.5 Å². The minimum absolute atomic E-state index is 0.188. The number of ether oxygens (including phenoxy) is 2. The number of thiazole rings is 1. The van der Waals surface area contributed by atoms with Crippen LogP contribution in [-0.2, 0) is 17.9 Å². The first-order valence-corrected chi connectivity index (χ1v) is 11.3. The highest BCUT2D eigenvalue weighted by molar-refractivity contribution is 7.22. The first-order valence-electron chi connectivity index (χ1n) is 10.5. The first-order chi connectivity index (χ1) is 16.6. The fourth-order valence-electron chi connectivity index (χ4n) is 3.80. The van der Waals surface area contributed by atoms with E-state index in [0.717, 1.165) is 10.3 Å². The van der Waals surface area contributed by atoms with Gasteiger partial charge >= 0.3 is 5.76 Å². The molecule has 0 saturated heterocycles. The minimum Gasteiger partial charge on any atom is -0.495 e. The Morgan fingerprint density at radius 1 is 1.00 bits per heavy atom. The Morgan fingerprint density at radius 3 is 2.47 bits per heavy atom. The molecule has 2 heterocycles. The van der Waals surface area contributed by atoms with Crippen LogP contribution in [0.3, 0.4) is 0 Å². The Kier molecular flexibility index (Phi) is 5.77. The lowest BCUT2D eigenvalue weighted by atomic mass is 10.2. The van der Waals surface area contributed by atoms with Gasteiger partial charge in [-0.1, -0.05) is 53.8 Å². The Morgan fingerprint density at radius 2 is 1.71 bits per heavy atom. The SMILES string of the molecule is COc1ccc(OC)c2sc(N(Cc3ccccc3)C(=O)Cn3c(=O)oc4ccccc43)nc12. The number of para-hydroxylation sites is 2.